The summed E-state index contributed by atoms with van der Waals surface area (Å²) >= 11 is 8.99. The normalized spacial score (nSPS) is 9.58. The molecule has 0 heterocycles. The maximum absolute atomic E-state index is 10.9. The third-order valence-corrected chi connectivity index (χ3v) is 2.43. The molecule has 0 aliphatic rings. The lowest BCUT2D eigenvalue weighted by molar-refractivity contribution is -0.115. The number of para-hydroxylation sites is 1. The Balaban J connectivity index is 3.02. The molecule has 64 valence electrons. The molecule has 0 atom stereocenters. The molecule has 4 heteroatoms. The van der Waals surface area contributed by atoms with Gasteiger partial charge in [0.1, 0.15) is 0 Å². The molecule has 1 aromatic carbocycles. The van der Waals surface area contributed by atoms with Crippen LogP contribution in [0.4, 0.5) is 5.69 Å². The number of halogens is 2. The molecule has 0 fully saturated rings. The molecular formula is C8H7BrClNO. The summed E-state index contributed by atoms with van der Waals surface area (Å²) in [5.41, 5.74) is 0.659. The van der Waals surface area contributed by atoms with Crippen molar-refractivity contribution in [1.82, 2.24) is 0 Å². The molecule has 0 bridgehead atoms. The van der Waals surface area contributed by atoms with Crippen molar-refractivity contribution in [1.29, 1.82) is 0 Å². The number of carbonyl (C=O) groups excluding carboxylic acids is 1. The highest BCUT2D eigenvalue weighted by atomic mass is 79.9. The summed E-state index contributed by atoms with van der Waals surface area (Å²) in [6.07, 6.45) is 0. The van der Waals surface area contributed by atoms with Gasteiger partial charge in [-0.15, -0.1) is 0 Å². The van der Waals surface area contributed by atoms with E-state index in [4.69, 9.17) is 11.8 Å². The zero-order chi connectivity index (χ0) is 9.14. The summed E-state index contributed by atoms with van der Waals surface area (Å²) in [6, 6.07) is 7.27. The Labute approximate surface area is 84.4 Å². The van der Waals surface area contributed by atoms with Crippen LogP contribution in [0.1, 0.15) is 6.92 Å². The summed E-state index contributed by atoms with van der Waals surface area (Å²) in [4.78, 5) is 10.9. The van der Waals surface area contributed by atoms with Crippen molar-refractivity contribution in [2.45, 2.75) is 6.92 Å². The van der Waals surface area contributed by atoms with E-state index < -0.39 is 0 Å². The summed E-state index contributed by atoms with van der Waals surface area (Å²) in [5, 5.41) is 0. The second-order valence-corrected chi connectivity index (χ2v) is 3.44. The van der Waals surface area contributed by atoms with Gasteiger partial charge in [0.2, 0.25) is 5.91 Å². The van der Waals surface area contributed by atoms with E-state index in [0.29, 0.717) is 5.69 Å². The lowest BCUT2D eigenvalue weighted by Crippen LogP contribution is -2.16. The van der Waals surface area contributed by atoms with E-state index in [1.807, 2.05) is 18.2 Å². The van der Waals surface area contributed by atoms with Gasteiger partial charge in [-0.3, -0.25) is 4.79 Å². The fourth-order valence-electron chi connectivity index (χ4n) is 0.781. The van der Waals surface area contributed by atoms with Crippen LogP contribution in [0.5, 0.6) is 0 Å². The molecule has 0 aromatic heterocycles. The molecule has 12 heavy (non-hydrogen) atoms. The van der Waals surface area contributed by atoms with E-state index in [1.54, 1.807) is 6.07 Å². The average Bonchev–Trinajstić information content (AvgIpc) is 2.04. The Hall–Kier alpha value is -0.540. The van der Waals surface area contributed by atoms with Crippen molar-refractivity contribution in [3.63, 3.8) is 0 Å². The molecule has 0 saturated carbocycles. The number of anilines is 1. The van der Waals surface area contributed by atoms with E-state index in [2.05, 4.69) is 15.9 Å². The number of hydrogen-bond acceptors (Lipinski definition) is 1. The van der Waals surface area contributed by atoms with Crippen molar-refractivity contribution in [3.8, 4) is 0 Å². The first-order valence-corrected chi connectivity index (χ1v) is 4.47. The van der Waals surface area contributed by atoms with Gasteiger partial charge in [-0.05, 0) is 28.1 Å². The molecule has 0 aliphatic carbocycles. The van der Waals surface area contributed by atoms with Gasteiger partial charge in [0.15, 0.2) is 0 Å². The van der Waals surface area contributed by atoms with Gasteiger partial charge in [0.05, 0.1) is 5.69 Å². The number of benzene rings is 1. The maximum atomic E-state index is 10.9. The topological polar surface area (TPSA) is 20.3 Å². The highest BCUT2D eigenvalue weighted by molar-refractivity contribution is 9.10. The van der Waals surface area contributed by atoms with E-state index in [9.17, 15) is 4.79 Å². The number of rotatable bonds is 1. The van der Waals surface area contributed by atoms with Gasteiger partial charge in [-0.2, -0.15) is 0 Å². The monoisotopic (exact) mass is 247 g/mol. The maximum Gasteiger partial charge on any atom is 0.238 e. The lowest BCUT2D eigenvalue weighted by atomic mass is 10.3. The average molecular weight is 249 g/mol. The van der Waals surface area contributed by atoms with Crippen LogP contribution in [0.3, 0.4) is 0 Å². The molecule has 0 unspecified atom stereocenters. The van der Waals surface area contributed by atoms with Crippen molar-refractivity contribution < 1.29 is 4.79 Å². The van der Waals surface area contributed by atoms with Gasteiger partial charge in [-0.25, -0.2) is 4.42 Å². The zero-order valence-electron chi connectivity index (χ0n) is 6.42. The summed E-state index contributed by atoms with van der Waals surface area (Å²) in [7, 11) is 0. The van der Waals surface area contributed by atoms with Crippen LogP contribution in [0.15, 0.2) is 28.7 Å². The number of hydrogen-bond donors (Lipinski definition) is 0. The van der Waals surface area contributed by atoms with Crippen molar-refractivity contribution in [2.75, 3.05) is 4.42 Å². The van der Waals surface area contributed by atoms with Crippen LogP contribution in [-0.4, -0.2) is 5.91 Å². The zero-order valence-corrected chi connectivity index (χ0v) is 8.76. The Bertz CT molecular complexity index is 303. The van der Waals surface area contributed by atoms with E-state index >= 15 is 0 Å². The second kappa shape index (κ2) is 3.92. The minimum atomic E-state index is -0.205. The summed E-state index contributed by atoms with van der Waals surface area (Å²) < 4.78 is 1.87. The first kappa shape index (κ1) is 9.55. The quantitative estimate of drug-likeness (QED) is 0.700. The van der Waals surface area contributed by atoms with Crippen molar-refractivity contribution in [2.24, 2.45) is 0 Å². The van der Waals surface area contributed by atoms with Gasteiger partial charge in [0, 0.05) is 23.2 Å². The van der Waals surface area contributed by atoms with Gasteiger partial charge >= 0.3 is 0 Å². The van der Waals surface area contributed by atoms with E-state index in [-0.39, 0.29) is 5.91 Å². The molecular weight excluding hydrogens is 241 g/mol. The van der Waals surface area contributed by atoms with Crippen molar-refractivity contribution in [3.05, 3.63) is 28.7 Å². The number of nitrogens with zero attached hydrogens (tertiary/aromatic N) is 1. The molecule has 0 spiro atoms. The van der Waals surface area contributed by atoms with Crippen LogP contribution in [-0.2, 0) is 4.79 Å². The largest absolute Gasteiger partial charge is 0.274 e. The minimum Gasteiger partial charge on any atom is -0.274 e. The molecule has 1 aromatic rings. The fraction of sp³-hybridized carbons (Fsp3) is 0.125. The Kier molecular flexibility index (Phi) is 3.12. The summed E-state index contributed by atoms with van der Waals surface area (Å²) in [5.74, 6) is -0.205. The third-order valence-electron chi connectivity index (χ3n) is 1.34. The highest BCUT2D eigenvalue weighted by Gasteiger charge is 2.10. The molecule has 0 saturated heterocycles. The second-order valence-electron chi connectivity index (χ2n) is 2.25. The SMILES string of the molecule is CC(=O)N(Cl)c1ccccc1Br. The molecule has 0 N–H and O–H groups in total. The van der Waals surface area contributed by atoms with Crippen LogP contribution in [0, 0.1) is 0 Å². The van der Waals surface area contributed by atoms with Gasteiger partial charge < -0.3 is 0 Å². The molecule has 1 rings (SSSR count). The highest BCUT2D eigenvalue weighted by Crippen LogP contribution is 2.26. The van der Waals surface area contributed by atoms with Crippen LogP contribution in [0.25, 0.3) is 0 Å². The van der Waals surface area contributed by atoms with Crippen LogP contribution < -0.4 is 4.42 Å². The molecule has 2 nitrogen and oxygen atoms in total. The van der Waals surface area contributed by atoms with Crippen LogP contribution in [0.2, 0.25) is 0 Å². The van der Waals surface area contributed by atoms with E-state index in [0.717, 1.165) is 8.89 Å². The molecule has 0 radical (unpaired) electrons. The number of amides is 1. The Morgan fingerprint density at radius 1 is 1.50 bits per heavy atom. The van der Waals surface area contributed by atoms with Crippen LogP contribution >= 0.6 is 27.7 Å². The standard InChI is InChI=1S/C8H7BrClNO/c1-6(12)11(10)8-5-3-2-4-7(8)9/h2-5H,1H3. The third kappa shape index (κ3) is 1.99. The smallest absolute Gasteiger partial charge is 0.238 e. The predicted molar refractivity (Wildman–Crippen MR) is 53.2 cm³/mol. The Morgan fingerprint density at radius 3 is 2.58 bits per heavy atom. The molecule has 0 aliphatic heterocycles. The summed E-state index contributed by atoms with van der Waals surface area (Å²) in [6.45, 7) is 1.41. The lowest BCUT2D eigenvalue weighted by Gasteiger charge is -2.12. The first-order valence-electron chi connectivity index (χ1n) is 3.34. The fourth-order valence-corrected chi connectivity index (χ4v) is 1.49. The molecule has 1 amide bonds. The van der Waals surface area contributed by atoms with Gasteiger partial charge in [-0.1, -0.05) is 12.1 Å². The Morgan fingerprint density at radius 2 is 2.08 bits per heavy atom. The number of carbonyl (C=O) groups is 1. The minimum absolute atomic E-state index is 0.205. The van der Waals surface area contributed by atoms with E-state index in [1.165, 1.54) is 6.92 Å². The first-order chi connectivity index (χ1) is 5.63. The predicted octanol–water partition coefficient (Wildman–Crippen LogP) is 2.96. The van der Waals surface area contributed by atoms with Gasteiger partial charge in [0.25, 0.3) is 0 Å². The van der Waals surface area contributed by atoms with Crippen molar-refractivity contribution >= 4 is 39.3 Å².